The van der Waals surface area contributed by atoms with Gasteiger partial charge in [-0.25, -0.2) is 4.79 Å². The van der Waals surface area contributed by atoms with Crippen molar-refractivity contribution in [2.75, 3.05) is 5.32 Å². The lowest BCUT2D eigenvalue weighted by molar-refractivity contribution is 0.259. The highest BCUT2D eigenvalue weighted by Crippen LogP contribution is 2.17. The minimum Gasteiger partial charge on any atom is -0.351 e. The molecule has 57 valence electrons. The van der Waals surface area contributed by atoms with E-state index in [2.05, 4.69) is 16.5 Å². The van der Waals surface area contributed by atoms with Gasteiger partial charge in [0.05, 0.1) is 10.7 Å². The highest BCUT2D eigenvalue weighted by atomic mass is 35.5. The molecule has 0 saturated carbocycles. The van der Waals surface area contributed by atoms with Gasteiger partial charge in [-0.15, -0.1) is 0 Å². The van der Waals surface area contributed by atoms with Crippen molar-refractivity contribution >= 4 is 23.3 Å². The normalized spacial score (nSPS) is 9.18. The van der Waals surface area contributed by atoms with Crippen LogP contribution in [0.2, 0.25) is 5.02 Å². The number of carbonyl (C=O) groups is 1. The van der Waals surface area contributed by atoms with Crippen LogP contribution < -0.4 is 11.1 Å². The van der Waals surface area contributed by atoms with E-state index in [-0.39, 0.29) is 5.02 Å². The van der Waals surface area contributed by atoms with Gasteiger partial charge in [-0.3, -0.25) is 4.98 Å². The first kappa shape index (κ1) is 7.81. The Morgan fingerprint density at radius 3 is 3.09 bits per heavy atom. The van der Waals surface area contributed by atoms with Crippen LogP contribution in [0.4, 0.5) is 10.5 Å². The van der Waals surface area contributed by atoms with Crippen molar-refractivity contribution in [1.82, 2.24) is 4.98 Å². The molecule has 5 heteroatoms. The van der Waals surface area contributed by atoms with E-state index in [1.165, 1.54) is 12.3 Å². The van der Waals surface area contributed by atoms with Crippen LogP contribution in [0.15, 0.2) is 12.3 Å². The molecule has 4 nitrogen and oxygen atoms in total. The number of pyridine rings is 1. The Labute approximate surface area is 68.4 Å². The quantitative estimate of drug-likeness (QED) is 0.661. The number of primary amides is 1. The van der Waals surface area contributed by atoms with Crippen LogP contribution in [-0.4, -0.2) is 11.0 Å². The number of rotatable bonds is 1. The monoisotopic (exact) mass is 170 g/mol. The van der Waals surface area contributed by atoms with Crippen LogP contribution in [0, 0.1) is 6.20 Å². The molecule has 1 aromatic rings. The molecule has 1 rings (SSSR count). The first-order chi connectivity index (χ1) is 5.20. The molecule has 0 saturated heterocycles. The molecule has 0 aliphatic rings. The molecule has 0 aliphatic carbocycles. The average Bonchev–Trinajstić information content (AvgIpc) is 1.93. The second kappa shape index (κ2) is 3.21. The zero-order valence-electron chi connectivity index (χ0n) is 5.47. The Kier molecular flexibility index (Phi) is 2.28. The molecule has 0 aliphatic heterocycles. The predicted octanol–water partition coefficient (Wildman–Crippen LogP) is 1.03. The fourth-order valence-electron chi connectivity index (χ4n) is 0.568. The van der Waals surface area contributed by atoms with Crippen molar-refractivity contribution in [2.45, 2.75) is 0 Å². The van der Waals surface area contributed by atoms with Gasteiger partial charge in [-0.05, 0) is 6.07 Å². The van der Waals surface area contributed by atoms with Crippen LogP contribution in [0.25, 0.3) is 0 Å². The van der Waals surface area contributed by atoms with Crippen molar-refractivity contribution in [3.63, 3.8) is 0 Å². The summed E-state index contributed by atoms with van der Waals surface area (Å²) in [5, 5.41) is 2.55. The number of urea groups is 1. The molecule has 0 bridgehead atoms. The van der Waals surface area contributed by atoms with E-state index in [1.54, 1.807) is 0 Å². The number of hydrogen-bond donors (Lipinski definition) is 2. The van der Waals surface area contributed by atoms with Gasteiger partial charge >= 0.3 is 6.03 Å². The van der Waals surface area contributed by atoms with Crippen molar-refractivity contribution in [3.05, 3.63) is 23.5 Å². The number of carbonyl (C=O) groups excluding carboxylic acids is 1. The van der Waals surface area contributed by atoms with E-state index in [1.807, 2.05) is 0 Å². The van der Waals surface area contributed by atoms with Crippen LogP contribution in [0.5, 0.6) is 0 Å². The third kappa shape index (κ3) is 2.09. The van der Waals surface area contributed by atoms with Gasteiger partial charge in [0.1, 0.15) is 6.20 Å². The van der Waals surface area contributed by atoms with Gasteiger partial charge < -0.3 is 11.1 Å². The fraction of sp³-hybridized carbons (Fsp3) is 0. The van der Waals surface area contributed by atoms with Gasteiger partial charge in [-0.2, -0.15) is 0 Å². The average molecular weight is 171 g/mol. The van der Waals surface area contributed by atoms with Crippen LogP contribution in [-0.2, 0) is 0 Å². The first-order valence-corrected chi connectivity index (χ1v) is 3.16. The standard InChI is InChI=1S/C6H5ClN3O/c7-4-3-9-2-1-5(4)10-6(8)11/h1-2H,(H3,8,9,10,11). The molecule has 0 fully saturated rings. The Bertz CT molecular complexity index is 276. The fourth-order valence-corrected chi connectivity index (χ4v) is 0.727. The topological polar surface area (TPSA) is 68.0 Å². The summed E-state index contributed by atoms with van der Waals surface area (Å²) in [4.78, 5) is 13.9. The maximum atomic E-state index is 10.3. The van der Waals surface area contributed by atoms with Gasteiger partial charge in [0.25, 0.3) is 0 Å². The third-order valence-corrected chi connectivity index (χ3v) is 1.26. The SMILES string of the molecule is NC(=O)Nc1ccn[c]c1Cl. The molecular weight excluding hydrogens is 166 g/mol. The molecule has 11 heavy (non-hydrogen) atoms. The highest BCUT2D eigenvalue weighted by molar-refractivity contribution is 6.33. The number of halogens is 1. The van der Waals surface area contributed by atoms with Crippen molar-refractivity contribution in [3.8, 4) is 0 Å². The van der Waals surface area contributed by atoms with Gasteiger partial charge in [-0.1, -0.05) is 11.6 Å². The van der Waals surface area contributed by atoms with E-state index < -0.39 is 6.03 Å². The zero-order valence-corrected chi connectivity index (χ0v) is 6.22. The number of nitrogens with two attached hydrogens (primary N) is 1. The lowest BCUT2D eigenvalue weighted by Gasteiger charge is -2.00. The molecule has 1 aromatic heterocycles. The summed E-state index contributed by atoms with van der Waals surface area (Å²) in [6.45, 7) is 0. The van der Waals surface area contributed by atoms with E-state index in [0.717, 1.165) is 0 Å². The highest BCUT2D eigenvalue weighted by Gasteiger charge is 2.00. The number of nitrogens with zero attached hydrogens (tertiary/aromatic N) is 1. The second-order valence-corrected chi connectivity index (χ2v) is 2.15. The molecule has 3 N–H and O–H groups in total. The van der Waals surface area contributed by atoms with Crippen molar-refractivity contribution < 1.29 is 4.79 Å². The van der Waals surface area contributed by atoms with Gasteiger partial charge in [0.2, 0.25) is 0 Å². The molecular formula is C6H5ClN3O. The zero-order chi connectivity index (χ0) is 8.27. The molecule has 2 amide bonds. The van der Waals surface area contributed by atoms with E-state index in [0.29, 0.717) is 5.69 Å². The Morgan fingerprint density at radius 1 is 1.82 bits per heavy atom. The number of anilines is 1. The Hall–Kier alpha value is -1.29. The minimum atomic E-state index is -0.661. The summed E-state index contributed by atoms with van der Waals surface area (Å²) in [5.41, 5.74) is 5.26. The molecule has 0 aromatic carbocycles. The Balaban J connectivity index is 2.86. The molecule has 0 spiro atoms. The van der Waals surface area contributed by atoms with Crippen molar-refractivity contribution in [1.29, 1.82) is 0 Å². The van der Waals surface area contributed by atoms with Crippen LogP contribution in [0.3, 0.4) is 0 Å². The number of nitrogens with one attached hydrogen (secondary N) is 1. The lowest BCUT2D eigenvalue weighted by atomic mass is 10.4. The Morgan fingerprint density at radius 2 is 2.55 bits per heavy atom. The summed E-state index contributed by atoms with van der Waals surface area (Å²) in [6, 6.07) is 0.871. The third-order valence-electron chi connectivity index (χ3n) is 0.973. The lowest BCUT2D eigenvalue weighted by Crippen LogP contribution is -2.19. The summed E-state index contributed by atoms with van der Waals surface area (Å²) >= 11 is 5.58. The molecule has 1 heterocycles. The van der Waals surface area contributed by atoms with Crippen LogP contribution >= 0.6 is 11.6 Å². The van der Waals surface area contributed by atoms with Gasteiger partial charge in [0, 0.05) is 6.20 Å². The molecule has 0 atom stereocenters. The second-order valence-electron chi connectivity index (χ2n) is 1.77. The predicted molar refractivity (Wildman–Crippen MR) is 41.3 cm³/mol. The molecule has 1 radical (unpaired) electrons. The summed E-state index contributed by atoms with van der Waals surface area (Å²) in [6.07, 6.45) is 3.91. The van der Waals surface area contributed by atoms with E-state index in [9.17, 15) is 4.79 Å². The number of hydrogen-bond acceptors (Lipinski definition) is 2. The van der Waals surface area contributed by atoms with Gasteiger partial charge in [0.15, 0.2) is 0 Å². The first-order valence-electron chi connectivity index (χ1n) is 2.79. The van der Waals surface area contributed by atoms with E-state index in [4.69, 9.17) is 17.3 Å². The maximum absolute atomic E-state index is 10.3. The maximum Gasteiger partial charge on any atom is 0.316 e. The van der Waals surface area contributed by atoms with Crippen LogP contribution in [0.1, 0.15) is 0 Å². The summed E-state index contributed by atoms with van der Waals surface area (Å²) in [5.74, 6) is 0. The largest absolute Gasteiger partial charge is 0.351 e. The summed E-state index contributed by atoms with van der Waals surface area (Å²) < 4.78 is 0. The smallest absolute Gasteiger partial charge is 0.316 e. The number of amides is 2. The minimum absolute atomic E-state index is 0.242. The number of aromatic nitrogens is 1. The van der Waals surface area contributed by atoms with Crippen molar-refractivity contribution in [2.24, 2.45) is 5.73 Å². The molecule has 0 unspecified atom stereocenters. The van der Waals surface area contributed by atoms with E-state index >= 15 is 0 Å². The summed E-state index contributed by atoms with van der Waals surface area (Å²) in [7, 11) is 0.